The van der Waals surface area contributed by atoms with Crippen LogP contribution in [-0.2, 0) is 6.54 Å². The van der Waals surface area contributed by atoms with E-state index in [1.807, 2.05) is 13.0 Å². The largest absolute Gasteiger partial charge is 0.308 e. The van der Waals surface area contributed by atoms with Crippen LogP contribution in [0.1, 0.15) is 18.4 Å². The predicted octanol–water partition coefficient (Wildman–Crippen LogP) is 0.207. The number of nitrogen functional groups attached to an aromatic ring is 1. The summed E-state index contributed by atoms with van der Waals surface area (Å²) in [5.41, 5.74) is 3.53. The van der Waals surface area contributed by atoms with Gasteiger partial charge in [-0.05, 0) is 20.9 Å². The summed E-state index contributed by atoms with van der Waals surface area (Å²) >= 11 is 0. The lowest BCUT2D eigenvalue weighted by Crippen LogP contribution is -2.50. The van der Waals surface area contributed by atoms with Crippen molar-refractivity contribution in [2.75, 3.05) is 32.1 Å². The molecule has 1 aromatic rings. The SMILES string of the molecule is Cc1cc(NN)nc(CN2CCN(C)CC2C)n1. The van der Waals surface area contributed by atoms with Gasteiger partial charge in [-0.15, -0.1) is 0 Å². The third kappa shape index (κ3) is 3.16. The van der Waals surface area contributed by atoms with Crippen molar-refractivity contribution in [1.29, 1.82) is 0 Å². The molecule has 0 saturated carbocycles. The summed E-state index contributed by atoms with van der Waals surface area (Å²) in [5.74, 6) is 6.92. The van der Waals surface area contributed by atoms with Gasteiger partial charge in [0.1, 0.15) is 11.6 Å². The Labute approximate surface area is 108 Å². The van der Waals surface area contributed by atoms with Gasteiger partial charge < -0.3 is 10.3 Å². The number of nitrogens with one attached hydrogen (secondary N) is 1. The third-order valence-corrected chi connectivity index (χ3v) is 3.36. The minimum atomic E-state index is 0.530. The van der Waals surface area contributed by atoms with Crippen LogP contribution in [0.15, 0.2) is 6.07 Å². The van der Waals surface area contributed by atoms with Gasteiger partial charge in [-0.2, -0.15) is 0 Å². The number of likely N-dealkylation sites (N-methyl/N-ethyl adjacent to an activating group) is 1. The van der Waals surface area contributed by atoms with Gasteiger partial charge in [0, 0.05) is 37.4 Å². The molecule has 1 aliphatic rings. The lowest BCUT2D eigenvalue weighted by atomic mass is 10.2. The summed E-state index contributed by atoms with van der Waals surface area (Å²) in [6.07, 6.45) is 0. The standard InChI is InChI=1S/C12H22N6/c1-9-6-11(16-13)15-12(14-9)8-18-5-4-17(3)7-10(18)2/h6,10H,4-5,7-8,13H2,1-3H3,(H,14,15,16). The van der Waals surface area contributed by atoms with E-state index < -0.39 is 0 Å². The number of aromatic nitrogens is 2. The molecule has 3 N–H and O–H groups in total. The summed E-state index contributed by atoms with van der Waals surface area (Å²) in [5, 5.41) is 0. The number of hydrogen-bond donors (Lipinski definition) is 2. The number of rotatable bonds is 3. The van der Waals surface area contributed by atoms with E-state index in [-0.39, 0.29) is 0 Å². The van der Waals surface area contributed by atoms with E-state index in [0.717, 1.165) is 37.7 Å². The summed E-state index contributed by atoms with van der Waals surface area (Å²) in [6.45, 7) is 8.23. The number of piperazine rings is 1. The molecule has 6 nitrogen and oxygen atoms in total. The van der Waals surface area contributed by atoms with E-state index >= 15 is 0 Å². The number of anilines is 1. The molecule has 0 spiro atoms. The molecule has 1 aromatic heterocycles. The summed E-state index contributed by atoms with van der Waals surface area (Å²) < 4.78 is 0. The van der Waals surface area contributed by atoms with Crippen molar-refractivity contribution < 1.29 is 0 Å². The number of aryl methyl sites for hydroxylation is 1. The number of nitrogens with zero attached hydrogens (tertiary/aromatic N) is 4. The van der Waals surface area contributed by atoms with Crippen LogP contribution in [0.5, 0.6) is 0 Å². The third-order valence-electron chi connectivity index (χ3n) is 3.36. The van der Waals surface area contributed by atoms with Crippen molar-refractivity contribution in [3.8, 4) is 0 Å². The molecule has 0 amide bonds. The molecule has 0 bridgehead atoms. The van der Waals surface area contributed by atoms with Crippen LogP contribution in [0.2, 0.25) is 0 Å². The Bertz CT molecular complexity index is 408. The summed E-state index contributed by atoms with van der Waals surface area (Å²) in [7, 11) is 2.16. The van der Waals surface area contributed by atoms with Crippen molar-refractivity contribution in [2.45, 2.75) is 26.4 Å². The second-order valence-corrected chi connectivity index (χ2v) is 5.04. The molecule has 1 atom stereocenters. The maximum absolute atomic E-state index is 5.41. The molecule has 2 heterocycles. The highest BCUT2D eigenvalue weighted by Gasteiger charge is 2.22. The first-order valence-corrected chi connectivity index (χ1v) is 6.32. The Morgan fingerprint density at radius 3 is 2.89 bits per heavy atom. The highest BCUT2D eigenvalue weighted by Crippen LogP contribution is 2.12. The van der Waals surface area contributed by atoms with Crippen LogP contribution >= 0.6 is 0 Å². The molecule has 1 unspecified atom stereocenters. The normalized spacial score (nSPS) is 22.1. The minimum Gasteiger partial charge on any atom is -0.308 e. The fourth-order valence-corrected chi connectivity index (χ4v) is 2.37. The minimum absolute atomic E-state index is 0.530. The molecular weight excluding hydrogens is 228 g/mol. The number of hydrogen-bond acceptors (Lipinski definition) is 6. The van der Waals surface area contributed by atoms with Gasteiger partial charge in [0.05, 0.1) is 6.54 Å². The van der Waals surface area contributed by atoms with E-state index in [1.165, 1.54) is 0 Å². The van der Waals surface area contributed by atoms with Crippen LogP contribution in [0, 0.1) is 6.92 Å². The summed E-state index contributed by atoms with van der Waals surface area (Å²) in [4.78, 5) is 13.6. The zero-order chi connectivity index (χ0) is 13.1. The first-order valence-electron chi connectivity index (χ1n) is 6.32. The van der Waals surface area contributed by atoms with Gasteiger partial charge in [0.15, 0.2) is 0 Å². The van der Waals surface area contributed by atoms with Gasteiger partial charge in [0.25, 0.3) is 0 Å². The summed E-state index contributed by atoms with van der Waals surface area (Å²) in [6, 6.07) is 2.37. The molecular formula is C12H22N6. The maximum atomic E-state index is 5.41. The average molecular weight is 250 g/mol. The maximum Gasteiger partial charge on any atom is 0.145 e. The van der Waals surface area contributed by atoms with Crippen LogP contribution in [0.4, 0.5) is 5.82 Å². The van der Waals surface area contributed by atoms with Gasteiger partial charge >= 0.3 is 0 Å². The van der Waals surface area contributed by atoms with Crippen LogP contribution in [0.25, 0.3) is 0 Å². The Balaban J connectivity index is 2.06. The molecule has 100 valence electrons. The molecule has 18 heavy (non-hydrogen) atoms. The topological polar surface area (TPSA) is 70.3 Å². The zero-order valence-electron chi connectivity index (χ0n) is 11.3. The molecule has 1 fully saturated rings. The molecule has 0 aromatic carbocycles. The quantitative estimate of drug-likeness (QED) is 0.590. The van der Waals surface area contributed by atoms with Crippen molar-refractivity contribution in [2.24, 2.45) is 5.84 Å². The van der Waals surface area contributed by atoms with Crippen LogP contribution < -0.4 is 11.3 Å². The van der Waals surface area contributed by atoms with Gasteiger partial charge in [-0.3, -0.25) is 4.90 Å². The van der Waals surface area contributed by atoms with Crippen LogP contribution in [-0.4, -0.2) is 52.5 Å². The average Bonchev–Trinajstić information content (AvgIpc) is 2.32. The highest BCUT2D eigenvalue weighted by atomic mass is 15.3. The Hall–Kier alpha value is -1.24. The van der Waals surface area contributed by atoms with Crippen LogP contribution in [0.3, 0.4) is 0 Å². The monoisotopic (exact) mass is 250 g/mol. The lowest BCUT2D eigenvalue weighted by Gasteiger charge is -2.37. The first-order chi connectivity index (χ1) is 8.58. The molecule has 0 radical (unpaired) electrons. The predicted molar refractivity (Wildman–Crippen MR) is 71.9 cm³/mol. The highest BCUT2D eigenvalue weighted by molar-refractivity contribution is 5.33. The van der Waals surface area contributed by atoms with Crippen molar-refractivity contribution >= 4 is 5.82 Å². The molecule has 0 aliphatic carbocycles. The molecule has 1 saturated heterocycles. The fourth-order valence-electron chi connectivity index (χ4n) is 2.37. The van der Waals surface area contributed by atoms with E-state index in [9.17, 15) is 0 Å². The van der Waals surface area contributed by atoms with E-state index in [4.69, 9.17) is 5.84 Å². The molecule has 6 heteroatoms. The van der Waals surface area contributed by atoms with Gasteiger partial charge in [-0.1, -0.05) is 0 Å². The van der Waals surface area contributed by atoms with Crippen molar-refractivity contribution in [3.63, 3.8) is 0 Å². The molecule has 2 rings (SSSR count). The Morgan fingerprint density at radius 2 is 2.22 bits per heavy atom. The Morgan fingerprint density at radius 1 is 1.44 bits per heavy atom. The van der Waals surface area contributed by atoms with E-state index in [1.54, 1.807) is 0 Å². The van der Waals surface area contributed by atoms with Crippen molar-refractivity contribution in [1.82, 2.24) is 19.8 Å². The number of nitrogens with two attached hydrogens (primary N) is 1. The van der Waals surface area contributed by atoms with Gasteiger partial charge in [-0.25, -0.2) is 15.8 Å². The van der Waals surface area contributed by atoms with E-state index in [0.29, 0.717) is 11.9 Å². The zero-order valence-corrected chi connectivity index (χ0v) is 11.3. The number of hydrazine groups is 1. The smallest absolute Gasteiger partial charge is 0.145 e. The van der Waals surface area contributed by atoms with Gasteiger partial charge in [0.2, 0.25) is 0 Å². The van der Waals surface area contributed by atoms with E-state index in [2.05, 4.69) is 39.2 Å². The Kier molecular flexibility index (Phi) is 4.11. The van der Waals surface area contributed by atoms with Crippen molar-refractivity contribution in [3.05, 3.63) is 17.6 Å². The second kappa shape index (κ2) is 5.60. The second-order valence-electron chi connectivity index (χ2n) is 5.04. The first kappa shape index (κ1) is 13.2. The molecule has 1 aliphatic heterocycles. The lowest BCUT2D eigenvalue weighted by molar-refractivity contribution is 0.0914. The fraction of sp³-hybridized carbons (Fsp3) is 0.667.